The van der Waals surface area contributed by atoms with E-state index in [1.54, 1.807) is 6.08 Å². The monoisotopic (exact) mass is 253 g/mol. The largest absolute Gasteiger partial charge is 0.426 e. The quantitative estimate of drug-likeness (QED) is 0.636. The fraction of sp³-hybridized carbons (Fsp3) is 0.700. The smallest absolute Gasteiger partial charge is 0.396 e. The highest BCUT2D eigenvalue weighted by Gasteiger charge is 2.56. The summed E-state index contributed by atoms with van der Waals surface area (Å²) in [5.74, 6) is -1.66. The average molecular weight is 253 g/mol. The highest BCUT2D eigenvalue weighted by molar-refractivity contribution is 5.85. The molecule has 0 saturated carbocycles. The van der Waals surface area contributed by atoms with Crippen LogP contribution in [0.4, 0.5) is 13.2 Å². The first kappa shape index (κ1) is 14.0. The zero-order valence-corrected chi connectivity index (χ0v) is 9.16. The summed E-state index contributed by atoms with van der Waals surface area (Å²) in [7, 11) is 0. The summed E-state index contributed by atoms with van der Waals surface area (Å²) >= 11 is 0. The lowest BCUT2D eigenvalue weighted by molar-refractivity contribution is -0.245. The molecule has 0 aromatic carbocycles. The first-order chi connectivity index (χ1) is 7.68. The van der Waals surface area contributed by atoms with Crippen molar-refractivity contribution in [2.45, 2.75) is 31.2 Å². The van der Waals surface area contributed by atoms with Gasteiger partial charge >= 0.3 is 6.18 Å². The van der Waals surface area contributed by atoms with Gasteiger partial charge in [-0.05, 0) is 13.3 Å². The number of hydrogen-bond donors (Lipinski definition) is 3. The molecule has 1 aliphatic rings. The van der Waals surface area contributed by atoms with Crippen molar-refractivity contribution in [1.82, 2.24) is 5.32 Å². The molecule has 3 atom stereocenters. The average Bonchev–Trinajstić information content (AvgIpc) is 2.63. The first-order valence-electron chi connectivity index (χ1n) is 5.07. The van der Waals surface area contributed by atoms with Gasteiger partial charge in [-0.2, -0.15) is 13.2 Å². The van der Waals surface area contributed by atoms with Crippen LogP contribution in [0.3, 0.4) is 0 Å². The molecular formula is C10H14F3NO3. The number of nitrogens with one attached hydrogen (secondary N) is 1. The summed E-state index contributed by atoms with van der Waals surface area (Å²) in [5.41, 5.74) is -3.40. The molecule has 0 fully saturated rings. The maximum absolute atomic E-state index is 12.3. The molecule has 0 aromatic heterocycles. The molecule has 0 aliphatic heterocycles. The van der Waals surface area contributed by atoms with Crippen molar-refractivity contribution >= 4 is 5.91 Å². The third-order valence-corrected chi connectivity index (χ3v) is 2.72. The lowest BCUT2D eigenvalue weighted by atomic mass is 10.0. The molecule has 0 saturated heterocycles. The number of aliphatic hydroxyl groups is 2. The third kappa shape index (κ3) is 2.98. The Labute approximate surface area is 96.1 Å². The molecule has 7 heteroatoms. The molecule has 1 unspecified atom stereocenters. The Morgan fingerprint density at radius 3 is 2.47 bits per heavy atom. The number of amides is 1. The van der Waals surface area contributed by atoms with E-state index >= 15 is 0 Å². The van der Waals surface area contributed by atoms with Gasteiger partial charge in [0, 0.05) is 18.6 Å². The summed E-state index contributed by atoms with van der Waals surface area (Å²) < 4.78 is 37.0. The molecule has 98 valence electrons. The molecule has 0 radical (unpaired) electrons. The zero-order valence-electron chi connectivity index (χ0n) is 9.16. The van der Waals surface area contributed by atoms with E-state index in [2.05, 4.69) is 5.32 Å². The van der Waals surface area contributed by atoms with Gasteiger partial charge in [-0.3, -0.25) is 4.79 Å². The number of aliphatic hydroxyl groups excluding tert-OH is 1. The zero-order chi connectivity index (χ0) is 13.3. The number of hydrogen-bond acceptors (Lipinski definition) is 3. The third-order valence-electron chi connectivity index (χ3n) is 2.72. The fourth-order valence-corrected chi connectivity index (χ4v) is 1.45. The maximum Gasteiger partial charge on any atom is 0.426 e. The van der Waals surface area contributed by atoms with Gasteiger partial charge in [0.25, 0.3) is 5.91 Å². The lowest BCUT2D eigenvalue weighted by Gasteiger charge is -2.26. The van der Waals surface area contributed by atoms with Gasteiger partial charge in [-0.1, -0.05) is 12.2 Å². The van der Waals surface area contributed by atoms with Gasteiger partial charge in [0.15, 0.2) is 0 Å². The minimum absolute atomic E-state index is 0.126. The van der Waals surface area contributed by atoms with Crippen LogP contribution in [0, 0.1) is 5.92 Å². The van der Waals surface area contributed by atoms with E-state index in [1.807, 2.05) is 0 Å². The van der Waals surface area contributed by atoms with E-state index in [0.29, 0.717) is 13.3 Å². The van der Waals surface area contributed by atoms with Gasteiger partial charge in [0.2, 0.25) is 5.60 Å². The van der Waals surface area contributed by atoms with E-state index in [9.17, 15) is 18.0 Å². The minimum atomic E-state index is -5.02. The minimum Gasteiger partial charge on any atom is -0.396 e. The van der Waals surface area contributed by atoms with E-state index < -0.39 is 23.7 Å². The first-order valence-corrected chi connectivity index (χ1v) is 5.07. The molecule has 4 nitrogen and oxygen atoms in total. The van der Waals surface area contributed by atoms with Crippen LogP contribution in [0.1, 0.15) is 13.3 Å². The maximum atomic E-state index is 12.3. The highest BCUT2D eigenvalue weighted by Crippen LogP contribution is 2.30. The van der Waals surface area contributed by atoms with Crippen LogP contribution in [-0.2, 0) is 4.79 Å². The van der Waals surface area contributed by atoms with Crippen molar-refractivity contribution in [3.05, 3.63) is 12.2 Å². The second-order valence-corrected chi connectivity index (χ2v) is 4.21. The van der Waals surface area contributed by atoms with Crippen LogP contribution in [0.15, 0.2) is 12.2 Å². The standard InChI is InChI=1S/C10H14F3NO3/c1-9(17,10(11,12)13)8(16)14-7-3-2-6(4-7)5-15/h2-3,6-7,15,17H,4-5H2,1H3,(H,14,16)/t6-,7+,9?/m0/s1. The summed E-state index contributed by atoms with van der Waals surface area (Å²) in [4.78, 5) is 11.3. The van der Waals surface area contributed by atoms with Gasteiger partial charge in [0.1, 0.15) is 0 Å². The SMILES string of the molecule is CC(O)(C(=O)N[C@@H]1C=C[C@H](CO)C1)C(F)(F)F. The molecule has 1 aliphatic carbocycles. The van der Waals surface area contributed by atoms with Crippen molar-refractivity contribution in [2.75, 3.05) is 6.61 Å². The second kappa shape index (κ2) is 4.66. The number of carbonyl (C=O) groups is 1. The van der Waals surface area contributed by atoms with Gasteiger partial charge in [-0.15, -0.1) is 0 Å². The predicted octanol–water partition coefficient (Wildman–Crippen LogP) is 0.353. The van der Waals surface area contributed by atoms with Gasteiger partial charge in [-0.25, -0.2) is 0 Å². The predicted molar refractivity (Wildman–Crippen MR) is 52.9 cm³/mol. The molecule has 1 amide bonds. The van der Waals surface area contributed by atoms with E-state index in [4.69, 9.17) is 10.2 Å². The highest BCUT2D eigenvalue weighted by atomic mass is 19.4. The molecule has 0 aromatic rings. The summed E-state index contributed by atoms with van der Waals surface area (Å²) in [6, 6.07) is -0.589. The molecule has 0 heterocycles. The Balaban J connectivity index is 2.60. The van der Waals surface area contributed by atoms with Crippen LogP contribution in [-0.4, -0.2) is 40.5 Å². The van der Waals surface area contributed by atoms with E-state index in [-0.39, 0.29) is 12.5 Å². The Kier molecular flexibility index (Phi) is 3.83. The number of carbonyl (C=O) groups excluding carboxylic acids is 1. The molecule has 1 rings (SSSR count). The normalized spacial score (nSPS) is 27.9. The molecular weight excluding hydrogens is 239 g/mol. The Morgan fingerprint density at radius 2 is 2.06 bits per heavy atom. The van der Waals surface area contributed by atoms with Crippen molar-refractivity contribution in [3.8, 4) is 0 Å². The van der Waals surface area contributed by atoms with Crippen LogP contribution in [0.25, 0.3) is 0 Å². The summed E-state index contributed by atoms with van der Waals surface area (Å²) in [6.07, 6.45) is -1.57. The van der Waals surface area contributed by atoms with Crippen molar-refractivity contribution in [3.63, 3.8) is 0 Å². The lowest BCUT2D eigenvalue weighted by Crippen LogP contribution is -2.56. The molecule has 0 bridgehead atoms. The number of rotatable bonds is 3. The van der Waals surface area contributed by atoms with Crippen LogP contribution >= 0.6 is 0 Å². The van der Waals surface area contributed by atoms with Crippen molar-refractivity contribution in [1.29, 1.82) is 0 Å². The van der Waals surface area contributed by atoms with Crippen molar-refractivity contribution < 1.29 is 28.2 Å². The molecule has 3 N–H and O–H groups in total. The second-order valence-electron chi connectivity index (χ2n) is 4.21. The van der Waals surface area contributed by atoms with Crippen LogP contribution in [0.5, 0.6) is 0 Å². The van der Waals surface area contributed by atoms with Crippen LogP contribution < -0.4 is 5.32 Å². The van der Waals surface area contributed by atoms with E-state index in [0.717, 1.165) is 0 Å². The molecule has 0 spiro atoms. The fourth-order valence-electron chi connectivity index (χ4n) is 1.45. The Hall–Kier alpha value is -1.08. The van der Waals surface area contributed by atoms with Crippen LogP contribution in [0.2, 0.25) is 0 Å². The summed E-state index contributed by atoms with van der Waals surface area (Å²) in [5, 5.41) is 20.0. The van der Waals surface area contributed by atoms with Gasteiger partial charge in [0.05, 0.1) is 0 Å². The number of alkyl halides is 3. The molecule has 17 heavy (non-hydrogen) atoms. The van der Waals surface area contributed by atoms with E-state index in [1.165, 1.54) is 6.08 Å². The Morgan fingerprint density at radius 1 is 1.47 bits per heavy atom. The van der Waals surface area contributed by atoms with Gasteiger partial charge < -0.3 is 15.5 Å². The van der Waals surface area contributed by atoms with Crippen molar-refractivity contribution in [2.24, 2.45) is 5.92 Å². The summed E-state index contributed by atoms with van der Waals surface area (Å²) in [6.45, 7) is 0.281. The Bertz CT molecular complexity index is 325. The topological polar surface area (TPSA) is 69.6 Å². The number of halogens is 3.